The monoisotopic (exact) mass is 279 g/mol. The van der Waals surface area contributed by atoms with Crippen molar-refractivity contribution in [3.05, 3.63) is 77.9 Å². The predicted molar refractivity (Wildman–Crippen MR) is 81.0 cm³/mol. The van der Waals surface area contributed by atoms with Gasteiger partial charge in [-0.05, 0) is 24.6 Å². The second-order valence-corrected chi connectivity index (χ2v) is 4.80. The van der Waals surface area contributed by atoms with Crippen molar-refractivity contribution < 1.29 is 4.74 Å². The molecule has 0 unspecified atom stereocenters. The van der Waals surface area contributed by atoms with Crippen LogP contribution in [0.3, 0.4) is 0 Å². The fourth-order valence-electron chi connectivity index (χ4n) is 2.16. The van der Waals surface area contributed by atoms with Crippen molar-refractivity contribution in [3.8, 4) is 5.69 Å². The van der Waals surface area contributed by atoms with Crippen LogP contribution in [0.4, 0.5) is 0 Å². The molecular formula is C17H17N3O. The molecule has 21 heavy (non-hydrogen) atoms. The van der Waals surface area contributed by atoms with Gasteiger partial charge >= 0.3 is 0 Å². The Morgan fingerprint density at radius 2 is 1.57 bits per heavy atom. The van der Waals surface area contributed by atoms with E-state index in [9.17, 15) is 0 Å². The van der Waals surface area contributed by atoms with E-state index in [0.29, 0.717) is 13.2 Å². The molecule has 1 aromatic heterocycles. The summed E-state index contributed by atoms with van der Waals surface area (Å²) in [7, 11) is 0. The molecule has 1 heterocycles. The van der Waals surface area contributed by atoms with Crippen molar-refractivity contribution in [2.24, 2.45) is 0 Å². The van der Waals surface area contributed by atoms with Crippen molar-refractivity contribution in [1.29, 1.82) is 0 Å². The van der Waals surface area contributed by atoms with Gasteiger partial charge in [0, 0.05) is 0 Å². The Hall–Kier alpha value is -2.46. The Balaban J connectivity index is 1.71. The Morgan fingerprint density at radius 3 is 2.29 bits per heavy atom. The summed E-state index contributed by atoms with van der Waals surface area (Å²) < 4.78 is 7.59. The van der Waals surface area contributed by atoms with E-state index in [1.165, 1.54) is 0 Å². The van der Waals surface area contributed by atoms with Crippen LogP contribution in [0, 0.1) is 6.92 Å². The summed E-state index contributed by atoms with van der Waals surface area (Å²) in [6.07, 6.45) is 0. The van der Waals surface area contributed by atoms with Gasteiger partial charge < -0.3 is 4.74 Å². The summed E-state index contributed by atoms with van der Waals surface area (Å²) in [6.45, 7) is 2.90. The molecule has 0 atom stereocenters. The van der Waals surface area contributed by atoms with Crippen molar-refractivity contribution in [2.45, 2.75) is 20.1 Å². The van der Waals surface area contributed by atoms with Crippen molar-refractivity contribution in [3.63, 3.8) is 0 Å². The molecule has 0 saturated heterocycles. The van der Waals surface area contributed by atoms with Gasteiger partial charge in [0.2, 0.25) is 0 Å². The van der Waals surface area contributed by atoms with E-state index >= 15 is 0 Å². The molecule has 3 aromatic rings. The Bertz CT molecular complexity index is 693. The molecule has 2 aromatic carbocycles. The first kappa shape index (κ1) is 13.5. The maximum Gasteiger partial charge on any atom is 0.158 e. The summed E-state index contributed by atoms with van der Waals surface area (Å²) in [5, 5.41) is 4.43. The van der Waals surface area contributed by atoms with Crippen LogP contribution in [0.2, 0.25) is 0 Å². The van der Waals surface area contributed by atoms with Crippen LogP contribution in [0.25, 0.3) is 5.69 Å². The lowest BCUT2D eigenvalue weighted by atomic mass is 10.2. The first-order valence-electron chi connectivity index (χ1n) is 6.92. The minimum Gasteiger partial charge on any atom is -0.369 e. The van der Waals surface area contributed by atoms with Crippen molar-refractivity contribution in [2.75, 3.05) is 0 Å². The number of hydrogen-bond donors (Lipinski definition) is 0. The zero-order valence-electron chi connectivity index (χ0n) is 11.9. The zero-order chi connectivity index (χ0) is 14.5. The van der Waals surface area contributed by atoms with Gasteiger partial charge in [-0.25, -0.2) is 9.67 Å². The van der Waals surface area contributed by atoms with Crippen LogP contribution in [0.1, 0.15) is 17.2 Å². The molecule has 106 valence electrons. The van der Waals surface area contributed by atoms with Gasteiger partial charge in [0.1, 0.15) is 12.4 Å². The molecule has 0 spiro atoms. The number of hydrogen-bond acceptors (Lipinski definition) is 3. The summed E-state index contributed by atoms with van der Waals surface area (Å²) in [5.74, 6) is 1.56. The maximum atomic E-state index is 5.76. The standard InChI is InChI=1S/C17H17N3O/c1-14-18-17(13-21-12-15-8-4-2-5-9-15)20(19-14)16-10-6-3-7-11-16/h2-11H,12-13H2,1H3. The third kappa shape index (κ3) is 3.35. The number of benzene rings is 2. The van der Waals surface area contributed by atoms with Crippen LogP contribution in [-0.4, -0.2) is 14.8 Å². The average Bonchev–Trinajstić information content (AvgIpc) is 2.90. The van der Waals surface area contributed by atoms with Gasteiger partial charge in [-0.3, -0.25) is 0 Å². The van der Waals surface area contributed by atoms with Crippen LogP contribution < -0.4 is 0 Å². The molecule has 0 fully saturated rings. The number of rotatable bonds is 5. The van der Waals surface area contributed by atoms with Gasteiger partial charge in [-0.2, -0.15) is 5.10 Å². The highest BCUT2D eigenvalue weighted by Gasteiger charge is 2.09. The summed E-state index contributed by atoms with van der Waals surface area (Å²) in [4.78, 5) is 4.45. The highest BCUT2D eigenvalue weighted by molar-refractivity contribution is 5.31. The van der Waals surface area contributed by atoms with Crippen molar-refractivity contribution in [1.82, 2.24) is 14.8 Å². The summed E-state index contributed by atoms with van der Waals surface area (Å²) in [5.41, 5.74) is 2.15. The number of aryl methyl sites for hydroxylation is 1. The molecule has 0 bridgehead atoms. The van der Waals surface area contributed by atoms with E-state index in [1.807, 2.05) is 72.3 Å². The van der Waals surface area contributed by atoms with E-state index in [4.69, 9.17) is 4.74 Å². The largest absolute Gasteiger partial charge is 0.369 e. The third-order valence-electron chi connectivity index (χ3n) is 3.12. The molecule has 4 heteroatoms. The van der Waals surface area contributed by atoms with Crippen LogP contribution >= 0.6 is 0 Å². The van der Waals surface area contributed by atoms with Crippen LogP contribution in [0.5, 0.6) is 0 Å². The smallest absolute Gasteiger partial charge is 0.158 e. The highest BCUT2D eigenvalue weighted by Crippen LogP contribution is 2.11. The molecular weight excluding hydrogens is 262 g/mol. The minimum atomic E-state index is 0.435. The molecule has 0 N–H and O–H groups in total. The molecule has 0 radical (unpaired) electrons. The Morgan fingerprint density at radius 1 is 0.905 bits per heavy atom. The average molecular weight is 279 g/mol. The lowest BCUT2D eigenvalue weighted by molar-refractivity contribution is 0.100. The summed E-state index contributed by atoms with van der Waals surface area (Å²) in [6, 6.07) is 20.1. The lowest BCUT2D eigenvalue weighted by Gasteiger charge is -2.07. The normalized spacial score (nSPS) is 10.7. The number of nitrogens with zero attached hydrogens (tertiary/aromatic N) is 3. The van der Waals surface area contributed by atoms with E-state index in [-0.39, 0.29) is 0 Å². The second-order valence-electron chi connectivity index (χ2n) is 4.80. The molecule has 0 aliphatic carbocycles. The molecule has 3 rings (SSSR count). The number of aromatic nitrogens is 3. The first-order chi connectivity index (χ1) is 10.3. The quantitative estimate of drug-likeness (QED) is 0.719. The Labute approximate surface area is 124 Å². The van der Waals surface area contributed by atoms with Crippen LogP contribution in [-0.2, 0) is 18.0 Å². The van der Waals surface area contributed by atoms with Gasteiger partial charge in [0.05, 0.1) is 12.3 Å². The van der Waals surface area contributed by atoms with E-state index in [2.05, 4.69) is 10.1 Å². The van der Waals surface area contributed by atoms with E-state index < -0.39 is 0 Å². The lowest BCUT2D eigenvalue weighted by Crippen LogP contribution is -2.05. The molecule has 0 saturated carbocycles. The van der Waals surface area contributed by atoms with E-state index in [1.54, 1.807) is 0 Å². The highest BCUT2D eigenvalue weighted by atomic mass is 16.5. The van der Waals surface area contributed by atoms with Gasteiger partial charge in [0.15, 0.2) is 5.82 Å². The zero-order valence-corrected chi connectivity index (χ0v) is 11.9. The molecule has 0 amide bonds. The van der Waals surface area contributed by atoms with Crippen LogP contribution in [0.15, 0.2) is 60.7 Å². The fraction of sp³-hybridized carbons (Fsp3) is 0.176. The van der Waals surface area contributed by atoms with Gasteiger partial charge in [-0.1, -0.05) is 48.5 Å². The van der Waals surface area contributed by atoms with Gasteiger partial charge in [-0.15, -0.1) is 0 Å². The number of para-hydroxylation sites is 1. The Kier molecular flexibility index (Phi) is 4.07. The maximum absolute atomic E-state index is 5.76. The molecule has 0 aliphatic rings. The number of ether oxygens (including phenoxy) is 1. The van der Waals surface area contributed by atoms with Crippen molar-refractivity contribution >= 4 is 0 Å². The summed E-state index contributed by atoms with van der Waals surface area (Å²) >= 11 is 0. The molecule has 0 aliphatic heterocycles. The second kappa shape index (κ2) is 6.33. The first-order valence-corrected chi connectivity index (χ1v) is 6.92. The molecule has 4 nitrogen and oxygen atoms in total. The van der Waals surface area contributed by atoms with Gasteiger partial charge in [0.25, 0.3) is 0 Å². The van der Waals surface area contributed by atoms with E-state index in [0.717, 1.165) is 22.9 Å². The SMILES string of the molecule is Cc1nc(COCc2ccccc2)n(-c2ccccc2)n1. The topological polar surface area (TPSA) is 39.9 Å². The fourth-order valence-corrected chi connectivity index (χ4v) is 2.16. The predicted octanol–water partition coefficient (Wildman–Crippen LogP) is 3.29. The third-order valence-corrected chi connectivity index (χ3v) is 3.12. The minimum absolute atomic E-state index is 0.435.